The lowest BCUT2D eigenvalue weighted by Gasteiger charge is -2.14. The summed E-state index contributed by atoms with van der Waals surface area (Å²) in [5.74, 6) is 1.03. The summed E-state index contributed by atoms with van der Waals surface area (Å²) >= 11 is 5.91. The number of benzene rings is 1. The molecule has 0 unspecified atom stereocenters. The van der Waals surface area contributed by atoms with Crippen LogP contribution in [-0.4, -0.2) is 32.0 Å². The standard InChI is InChI=1S/C13H19ClO4/c1-3-4-17-5-6-18-13-10(9-15)7-11(14)8-12(13)16-2/h7-8,15H,3-6,9H2,1-2H3. The minimum atomic E-state index is -0.151. The molecule has 0 radical (unpaired) electrons. The largest absolute Gasteiger partial charge is 0.493 e. The van der Waals surface area contributed by atoms with E-state index in [0.717, 1.165) is 6.42 Å². The van der Waals surface area contributed by atoms with E-state index in [1.807, 2.05) is 6.92 Å². The lowest BCUT2D eigenvalue weighted by atomic mass is 10.2. The van der Waals surface area contributed by atoms with Gasteiger partial charge in [-0.05, 0) is 12.5 Å². The molecular formula is C13H19ClO4. The van der Waals surface area contributed by atoms with Gasteiger partial charge in [-0.15, -0.1) is 0 Å². The Bertz CT molecular complexity index is 343. The van der Waals surface area contributed by atoms with Crippen LogP contribution in [0, 0.1) is 0 Å². The molecule has 1 rings (SSSR count). The SMILES string of the molecule is CCCOCCOc1c(CO)cc(Cl)cc1OC. The van der Waals surface area contributed by atoms with Crippen LogP contribution in [0.1, 0.15) is 18.9 Å². The molecule has 0 saturated heterocycles. The number of aliphatic hydroxyl groups excluding tert-OH is 1. The van der Waals surface area contributed by atoms with Gasteiger partial charge < -0.3 is 19.3 Å². The van der Waals surface area contributed by atoms with Crippen LogP contribution in [0.5, 0.6) is 11.5 Å². The second-order valence-electron chi connectivity index (χ2n) is 3.72. The number of aliphatic hydroxyl groups is 1. The first kappa shape index (κ1) is 15.1. The van der Waals surface area contributed by atoms with Crippen LogP contribution in [0.3, 0.4) is 0 Å². The molecule has 1 N–H and O–H groups in total. The summed E-state index contributed by atoms with van der Waals surface area (Å²) in [6, 6.07) is 3.31. The first-order valence-electron chi connectivity index (χ1n) is 5.90. The molecule has 0 amide bonds. The van der Waals surface area contributed by atoms with Gasteiger partial charge in [0.15, 0.2) is 11.5 Å². The zero-order chi connectivity index (χ0) is 13.4. The molecule has 1 aromatic carbocycles. The maximum absolute atomic E-state index is 9.28. The van der Waals surface area contributed by atoms with E-state index in [4.69, 9.17) is 25.8 Å². The number of methoxy groups -OCH3 is 1. The van der Waals surface area contributed by atoms with Gasteiger partial charge in [0.2, 0.25) is 0 Å². The molecule has 0 atom stereocenters. The Morgan fingerprint density at radius 2 is 2.00 bits per heavy atom. The van der Waals surface area contributed by atoms with Gasteiger partial charge in [0, 0.05) is 23.3 Å². The molecule has 0 heterocycles. The summed E-state index contributed by atoms with van der Waals surface area (Å²) in [4.78, 5) is 0. The molecule has 4 nitrogen and oxygen atoms in total. The quantitative estimate of drug-likeness (QED) is 0.741. The van der Waals surface area contributed by atoms with Crippen LogP contribution in [0.25, 0.3) is 0 Å². The van der Waals surface area contributed by atoms with Gasteiger partial charge in [-0.1, -0.05) is 18.5 Å². The summed E-state index contributed by atoms with van der Waals surface area (Å²) in [6.45, 7) is 3.53. The average Bonchev–Trinajstić information content (AvgIpc) is 2.39. The Hall–Kier alpha value is -0.970. The van der Waals surface area contributed by atoms with Crippen molar-refractivity contribution in [1.29, 1.82) is 0 Å². The minimum absolute atomic E-state index is 0.151. The molecule has 18 heavy (non-hydrogen) atoms. The first-order chi connectivity index (χ1) is 8.72. The summed E-state index contributed by atoms with van der Waals surface area (Å²) < 4.78 is 16.1. The molecule has 0 bridgehead atoms. The van der Waals surface area contributed by atoms with Crippen LogP contribution in [0.4, 0.5) is 0 Å². The summed E-state index contributed by atoms with van der Waals surface area (Å²) in [7, 11) is 1.53. The van der Waals surface area contributed by atoms with Crippen LogP contribution in [-0.2, 0) is 11.3 Å². The van der Waals surface area contributed by atoms with E-state index in [1.165, 1.54) is 7.11 Å². The van der Waals surface area contributed by atoms with Crippen molar-refractivity contribution in [2.45, 2.75) is 20.0 Å². The van der Waals surface area contributed by atoms with Gasteiger partial charge in [-0.25, -0.2) is 0 Å². The van der Waals surface area contributed by atoms with Gasteiger partial charge in [-0.2, -0.15) is 0 Å². The van der Waals surface area contributed by atoms with Crippen molar-refractivity contribution < 1.29 is 19.3 Å². The predicted molar refractivity (Wildman–Crippen MR) is 70.5 cm³/mol. The normalized spacial score (nSPS) is 10.4. The van der Waals surface area contributed by atoms with Crippen molar-refractivity contribution in [3.05, 3.63) is 22.7 Å². The molecule has 0 saturated carbocycles. The molecule has 5 heteroatoms. The van der Waals surface area contributed by atoms with E-state index in [9.17, 15) is 5.11 Å². The molecule has 0 aliphatic carbocycles. The van der Waals surface area contributed by atoms with E-state index in [2.05, 4.69) is 0 Å². The van der Waals surface area contributed by atoms with Crippen LogP contribution >= 0.6 is 11.6 Å². The zero-order valence-corrected chi connectivity index (χ0v) is 11.5. The fraction of sp³-hybridized carbons (Fsp3) is 0.538. The van der Waals surface area contributed by atoms with Crippen molar-refractivity contribution >= 4 is 11.6 Å². The predicted octanol–water partition coefficient (Wildman–Crippen LogP) is 2.65. The molecular weight excluding hydrogens is 256 g/mol. The maximum Gasteiger partial charge on any atom is 0.166 e. The van der Waals surface area contributed by atoms with Crippen molar-refractivity contribution in [2.24, 2.45) is 0 Å². The van der Waals surface area contributed by atoms with Crippen molar-refractivity contribution in [3.8, 4) is 11.5 Å². The second kappa shape index (κ2) is 8.19. The summed E-state index contributed by atoms with van der Waals surface area (Å²) in [5, 5.41) is 9.78. The van der Waals surface area contributed by atoms with Crippen molar-refractivity contribution in [3.63, 3.8) is 0 Å². The molecule has 0 spiro atoms. The van der Waals surface area contributed by atoms with Gasteiger partial charge in [0.25, 0.3) is 0 Å². The Balaban J connectivity index is 2.67. The van der Waals surface area contributed by atoms with E-state index in [-0.39, 0.29) is 6.61 Å². The van der Waals surface area contributed by atoms with Crippen molar-refractivity contribution in [2.75, 3.05) is 26.9 Å². The number of rotatable bonds is 8. The highest BCUT2D eigenvalue weighted by molar-refractivity contribution is 6.30. The Morgan fingerprint density at radius 3 is 2.61 bits per heavy atom. The van der Waals surface area contributed by atoms with E-state index < -0.39 is 0 Å². The molecule has 0 aromatic heterocycles. The number of ether oxygens (including phenoxy) is 3. The molecule has 102 valence electrons. The topological polar surface area (TPSA) is 47.9 Å². The maximum atomic E-state index is 9.28. The lowest BCUT2D eigenvalue weighted by Crippen LogP contribution is -2.09. The molecule has 0 fully saturated rings. The number of hydrogen-bond acceptors (Lipinski definition) is 4. The Morgan fingerprint density at radius 1 is 1.22 bits per heavy atom. The summed E-state index contributed by atoms with van der Waals surface area (Å²) in [6.07, 6.45) is 0.978. The molecule has 0 aliphatic rings. The lowest BCUT2D eigenvalue weighted by molar-refractivity contribution is 0.0985. The van der Waals surface area contributed by atoms with Crippen LogP contribution in [0.15, 0.2) is 12.1 Å². The minimum Gasteiger partial charge on any atom is -0.493 e. The van der Waals surface area contributed by atoms with E-state index >= 15 is 0 Å². The fourth-order valence-corrected chi connectivity index (χ4v) is 1.74. The van der Waals surface area contributed by atoms with Crippen LogP contribution < -0.4 is 9.47 Å². The first-order valence-corrected chi connectivity index (χ1v) is 6.28. The number of hydrogen-bond donors (Lipinski definition) is 1. The van der Waals surface area contributed by atoms with Gasteiger partial charge in [0.1, 0.15) is 6.61 Å². The fourth-order valence-electron chi connectivity index (χ4n) is 1.50. The monoisotopic (exact) mass is 274 g/mol. The molecule has 0 aliphatic heterocycles. The van der Waals surface area contributed by atoms with E-state index in [0.29, 0.717) is 41.9 Å². The molecule has 1 aromatic rings. The Labute approximate surface area is 112 Å². The summed E-state index contributed by atoms with van der Waals surface area (Å²) in [5.41, 5.74) is 0.606. The second-order valence-corrected chi connectivity index (χ2v) is 4.15. The third-order valence-electron chi connectivity index (χ3n) is 2.31. The van der Waals surface area contributed by atoms with Gasteiger partial charge in [-0.3, -0.25) is 0 Å². The Kier molecular flexibility index (Phi) is 6.86. The van der Waals surface area contributed by atoms with Gasteiger partial charge in [0.05, 0.1) is 20.3 Å². The number of halogens is 1. The average molecular weight is 275 g/mol. The third kappa shape index (κ3) is 4.37. The third-order valence-corrected chi connectivity index (χ3v) is 2.53. The highest BCUT2D eigenvalue weighted by atomic mass is 35.5. The van der Waals surface area contributed by atoms with Gasteiger partial charge >= 0.3 is 0 Å². The van der Waals surface area contributed by atoms with Crippen molar-refractivity contribution in [1.82, 2.24) is 0 Å². The highest BCUT2D eigenvalue weighted by Gasteiger charge is 2.12. The smallest absolute Gasteiger partial charge is 0.166 e. The van der Waals surface area contributed by atoms with E-state index in [1.54, 1.807) is 12.1 Å². The van der Waals surface area contributed by atoms with Crippen LogP contribution in [0.2, 0.25) is 5.02 Å². The zero-order valence-electron chi connectivity index (χ0n) is 10.7. The highest BCUT2D eigenvalue weighted by Crippen LogP contribution is 2.34.